The Morgan fingerprint density at radius 2 is 1.77 bits per heavy atom. The van der Waals surface area contributed by atoms with Gasteiger partial charge < -0.3 is 14.6 Å². The highest BCUT2D eigenvalue weighted by atomic mass is 35.5. The molecule has 5 nitrogen and oxygen atoms in total. The number of ether oxygens (including phenoxy) is 1. The lowest BCUT2D eigenvalue weighted by Crippen LogP contribution is -2.40. The number of nitrogens with one attached hydrogen (secondary N) is 1. The van der Waals surface area contributed by atoms with Crippen LogP contribution in [0.5, 0.6) is 0 Å². The van der Waals surface area contributed by atoms with Crippen molar-refractivity contribution in [1.82, 2.24) is 9.88 Å². The van der Waals surface area contributed by atoms with Crippen molar-refractivity contribution in [2.45, 2.75) is 78.7 Å². The molecule has 1 amide bonds. The first-order valence-electron chi connectivity index (χ1n) is 11.1. The van der Waals surface area contributed by atoms with Crippen LogP contribution in [0.1, 0.15) is 78.2 Å². The van der Waals surface area contributed by atoms with Gasteiger partial charge in [-0.05, 0) is 43.7 Å². The predicted molar refractivity (Wildman–Crippen MR) is 125 cm³/mol. The number of carbonyl (C=O) groups excluding carboxylic acids is 2. The van der Waals surface area contributed by atoms with Crippen LogP contribution in [0.3, 0.4) is 0 Å². The largest absolute Gasteiger partial charge is 0.467 e. The van der Waals surface area contributed by atoms with E-state index in [-0.39, 0.29) is 5.91 Å². The maximum Gasteiger partial charge on any atom is 0.328 e. The van der Waals surface area contributed by atoms with Crippen LogP contribution in [0.2, 0.25) is 5.15 Å². The highest BCUT2D eigenvalue weighted by Gasteiger charge is 2.25. The van der Waals surface area contributed by atoms with Gasteiger partial charge in [-0.15, -0.1) is 0 Å². The second-order valence-electron chi connectivity index (χ2n) is 7.01. The first-order valence-corrected chi connectivity index (χ1v) is 11.5. The van der Waals surface area contributed by atoms with E-state index in [2.05, 4.69) is 16.1 Å². The fourth-order valence-electron chi connectivity index (χ4n) is 3.89. The van der Waals surface area contributed by atoms with E-state index in [0.717, 1.165) is 15.7 Å². The summed E-state index contributed by atoms with van der Waals surface area (Å²) in [5.41, 5.74) is 1.75. The molecule has 1 aromatic rings. The average Bonchev–Trinajstić information content (AvgIpc) is 3.30. The Balaban J connectivity index is 0.00000106. The minimum atomic E-state index is -0.695. The van der Waals surface area contributed by atoms with E-state index in [1.54, 1.807) is 6.92 Å². The fraction of sp³-hybridized carbons (Fsp3) is 0.583. The highest BCUT2D eigenvalue weighted by molar-refractivity contribution is 6.30. The second-order valence-corrected chi connectivity index (χ2v) is 7.36. The molecule has 1 unspecified atom stereocenters. The monoisotopic (exact) mass is 436 g/mol. The molecule has 0 bridgehead atoms. The third kappa shape index (κ3) is 5.78. The summed E-state index contributed by atoms with van der Waals surface area (Å²) in [4.78, 5) is 24.1. The van der Waals surface area contributed by atoms with Crippen LogP contribution in [-0.4, -0.2) is 29.6 Å². The number of allylic oxidation sites excluding steroid dienone is 1. The van der Waals surface area contributed by atoms with Gasteiger partial charge in [-0.25, -0.2) is 4.79 Å². The number of carbonyl (C=O) groups is 2. The van der Waals surface area contributed by atoms with Crippen molar-refractivity contribution in [2.75, 3.05) is 7.11 Å². The summed E-state index contributed by atoms with van der Waals surface area (Å²) in [6.07, 6.45) is 11.4. The van der Waals surface area contributed by atoms with Crippen molar-refractivity contribution in [3.05, 3.63) is 32.9 Å². The maximum atomic E-state index is 12.6. The molecule has 1 heterocycles. The number of esters is 1. The molecule has 1 atom stereocenters. The smallest absolute Gasteiger partial charge is 0.328 e. The van der Waals surface area contributed by atoms with E-state index < -0.39 is 12.0 Å². The summed E-state index contributed by atoms with van der Waals surface area (Å²) in [5.74, 6) is -0.258. The molecule has 30 heavy (non-hydrogen) atoms. The minimum absolute atomic E-state index is 0.288. The number of aromatic nitrogens is 1. The number of hydrogen-bond acceptors (Lipinski definition) is 3. The lowest BCUT2D eigenvalue weighted by molar-refractivity contribution is -0.144. The lowest BCUT2D eigenvalue weighted by Gasteiger charge is -2.11. The van der Waals surface area contributed by atoms with Gasteiger partial charge in [0.05, 0.1) is 7.11 Å². The van der Waals surface area contributed by atoms with Crippen molar-refractivity contribution in [2.24, 2.45) is 7.05 Å². The summed E-state index contributed by atoms with van der Waals surface area (Å²) < 4.78 is 6.62. The van der Waals surface area contributed by atoms with Crippen LogP contribution in [0.4, 0.5) is 0 Å². The number of halogens is 1. The van der Waals surface area contributed by atoms with E-state index in [1.165, 1.54) is 38.4 Å². The SMILES string of the molecule is CC.CC.COC(=O)C(C)NC(=O)C1=CCC=c2c(C3CCCC3)c(Cl)n(C)c2=C1. The minimum Gasteiger partial charge on any atom is -0.467 e. The normalized spacial score (nSPS) is 16.1. The molecule has 1 N–H and O–H groups in total. The molecule has 0 spiro atoms. The fourth-order valence-corrected chi connectivity index (χ4v) is 4.24. The molecule has 0 aliphatic heterocycles. The summed E-state index contributed by atoms with van der Waals surface area (Å²) in [6.45, 7) is 9.61. The zero-order valence-corrected chi connectivity index (χ0v) is 20.2. The molecule has 0 radical (unpaired) electrons. The Kier molecular flexibility index (Phi) is 11.0. The lowest BCUT2D eigenvalue weighted by atomic mass is 9.98. The molecular formula is C24H37ClN2O3. The Hall–Kier alpha value is -2.01. The van der Waals surface area contributed by atoms with Crippen molar-refractivity contribution in [1.29, 1.82) is 0 Å². The number of fused-ring (bicyclic) bond motifs is 1. The van der Waals surface area contributed by atoms with Crippen LogP contribution in [0.15, 0.2) is 11.6 Å². The molecule has 2 aliphatic carbocycles. The van der Waals surface area contributed by atoms with E-state index in [9.17, 15) is 9.59 Å². The van der Waals surface area contributed by atoms with E-state index >= 15 is 0 Å². The van der Waals surface area contributed by atoms with Gasteiger partial charge in [-0.2, -0.15) is 0 Å². The summed E-state index contributed by atoms with van der Waals surface area (Å²) in [6, 6.07) is -0.695. The summed E-state index contributed by atoms with van der Waals surface area (Å²) in [7, 11) is 3.24. The molecule has 1 aromatic heterocycles. The number of amides is 1. The molecule has 2 aliphatic rings. The van der Waals surface area contributed by atoms with Gasteiger partial charge in [0.1, 0.15) is 11.2 Å². The van der Waals surface area contributed by atoms with Gasteiger partial charge in [-0.1, -0.05) is 64.3 Å². The van der Waals surface area contributed by atoms with Crippen LogP contribution >= 0.6 is 11.6 Å². The number of hydrogen-bond donors (Lipinski definition) is 1. The van der Waals surface area contributed by atoms with Gasteiger partial charge in [0.25, 0.3) is 5.91 Å². The van der Waals surface area contributed by atoms with E-state index in [4.69, 9.17) is 11.6 Å². The standard InChI is InChI=1S/C20H25ClN2O3.2C2H6/c1-12(20(25)26-3)22-19(24)14-9-6-10-15-16(11-14)23(2)18(21)17(15)13-7-4-5-8-13;2*1-2/h9-13H,4-8H2,1-3H3,(H,22,24);2*1-2H3. The van der Waals surface area contributed by atoms with Crippen molar-refractivity contribution < 1.29 is 14.3 Å². The Labute approximate surface area is 185 Å². The van der Waals surface area contributed by atoms with Crippen molar-refractivity contribution in [3.63, 3.8) is 0 Å². The first kappa shape index (κ1) is 26.0. The van der Waals surface area contributed by atoms with Crippen LogP contribution in [0.25, 0.3) is 12.2 Å². The number of nitrogens with zero attached hydrogens (tertiary/aromatic N) is 1. The molecule has 3 rings (SSSR count). The molecule has 0 saturated heterocycles. The predicted octanol–water partition coefficient (Wildman–Crippen LogP) is 3.96. The van der Waals surface area contributed by atoms with Gasteiger partial charge in [0.2, 0.25) is 0 Å². The van der Waals surface area contributed by atoms with Gasteiger partial charge >= 0.3 is 5.97 Å². The molecule has 6 heteroatoms. The molecular weight excluding hydrogens is 400 g/mol. The Bertz CT molecular complexity index is 877. The molecule has 168 valence electrons. The van der Waals surface area contributed by atoms with Crippen LogP contribution < -0.4 is 15.9 Å². The topological polar surface area (TPSA) is 60.3 Å². The third-order valence-electron chi connectivity index (χ3n) is 5.32. The summed E-state index contributed by atoms with van der Waals surface area (Å²) in [5, 5.41) is 5.54. The molecule has 0 aromatic carbocycles. The quantitative estimate of drug-likeness (QED) is 0.727. The van der Waals surface area contributed by atoms with Crippen molar-refractivity contribution >= 4 is 35.6 Å². The van der Waals surface area contributed by atoms with Gasteiger partial charge in [0, 0.05) is 23.2 Å². The van der Waals surface area contributed by atoms with E-state index in [0.29, 0.717) is 17.9 Å². The van der Waals surface area contributed by atoms with Crippen molar-refractivity contribution in [3.8, 4) is 0 Å². The number of rotatable bonds is 4. The number of methoxy groups -OCH3 is 1. The molecule has 1 fully saturated rings. The van der Waals surface area contributed by atoms with Gasteiger partial charge in [-0.3, -0.25) is 4.79 Å². The zero-order chi connectivity index (χ0) is 22.8. The zero-order valence-electron chi connectivity index (χ0n) is 19.5. The van der Waals surface area contributed by atoms with Crippen LogP contribution in [0, 0.1) is 0 Å². The average molecular weight is 437 g/mol. The van der Waals surface area contributed by atoms with E-state index in [1.807, 2.05) is 51.5 Å². The Morgan fingerprint density at radius 1 is 1.17 bits per heavy atom. The highest BCUT2D eigenvalue weighted by Crippen LogP contribution is 2.35. The maximum absolute atomic E-state index is 12.6. The van der Waals surface area contributed by atoms with Crippen LogP contribution in [-0.2, 0) is 21.4 Å². The first-order chi connectivity index (χ1) is 14.4. The third-order valence-corrected chi connectivity index (χ3v) is 5.78. The van der Waals surface area contributed by atoms with Gasteiger partial charge in [0.15, 0.2) is 0 Å². The Morgan fingerprint density at radius 3 is 2.33 bits per heavy atom. The summed E-state index contributed by atoms with van der Waals surface area (Å²) >= 11 is 6.65. The second kappa shape index (κ2) is 12.6. The molecule has 1 saturated carbocycles.